The molecule has 2 aliphatic rings. The van der Waals surface area contributed by atoms with Crippen molar-refractivity contribution >= 4 is 0 Å². The highest BCUT2D eigenvalue weighted by Crippen LogP contribution is 2.28. The average molecular weight is 182 g/mol. The Bertz CT molecular complexity index is 207. The summed E-state index contributed by atoms with van der Waals surface area (Å²) in [6, 6.07) is 0.136. The van der Waals surface area contributed by atoms with Gasteiger partial charge in [-0.25, -0.2) is 0 Å². The molecule has 0 amide bonds. The summed E-state index contributed by atoms with van der Waals surface area (Å²) in [6.07, 6.45) is 5.25. The van der Waals surface area contributed by atoms with E-state index in [4.69, 9.17) is 0 Å². The summed E-state index contributed by atoms with van der Waals surface area (Å²) in [7, 11) is 0. The number of hydrogen-bond donors (Lipinski definition) is 3. The van der Waals surface area contributed by atoms with Gasteiger partial charge in [0.25, 0.3) is 0 Å². The van der Waals surface area contributed by atoms with E-state index in [0.29, 0.717) is 5.92 Å². The molecular weight excluding hydrogens is 164 g/mol. The fraction of sp³-hybridized carbons (Fsp3) is 0.800. The quantitative estimate of drug-likeness (QED) is 0.521. The maximum Gasteiger partial charge on any atom is 0.0848 e. The normalized spacial score (nSPS) is 38.0. The second-order valence-electron chi connectivity index (χ2n) is 4.23. The second-order valence-corrected chi connectivity index (χ2v) is 4.23. The lowest BCUT2D eigenvalue weighted by Gasteiger charge is -2.34. The van der Waals surface area contributed by atoms with Crippen LogP contribution in [0.15, 0.2) is 12.2 Å². The maximum atomic E-state index is 10.4. The zero-order valence-electron chi connectivity index (χ0n) is 8.09. The summed E-state index contributed by atoms with van der Waals surface area (Å²) in [5.41, 5.74) is -0.601. The molecule has 74 valence electrons. The SMILES string of the molecule is CC(O)(C1CCNC1)C1C=CCN1. The van der Waals surface area contributed by atoms with Crippen LogP contribution in [0.25, 0.3) is 0 Å². The Morgan fingerprint density at radius 3 is 2.92 bits per heavy atom. The van der Waals surface area contributed by atoms with Crippen LogP contribution in [0.4, 0.5) is 0 Å². The van der Waals surface area contributed by atoms with Crippen molar-refractivity contribution < 1.29 is 5.11 Å². The molecule has 3 N–H and O–H groups in total. The molecule has 0 aliphatic carbocycles. The second kappa shape index (κ2) is 3.40. The van der Waals surface area contributed by atoms with E-state index in [2.05, 4.69) is 22.8 Å². The van der Waals surface area contributed by atoms with E-state index in [1.165, 1.54) is 0 Å². The van der Waals surface area contributed by atoms with Gasteiger partial charge >= 0.3 is 0 Å². The molecular formula is C10H18N2O. The zero-order chi connectivity index (χ0) is 9.31. The van der Waals surface area contributed by atoms with Crippen LogP contribution < -0.4 is 10.6 Å². The number of hydrogen-bond acceptors (Lipinski definition) is 3. The van der Waals surface area contributed by atoms with Crippen molar-refractivity contribution in [3.63, 3.8) is 0 Å². The highest BCUT2D eigenvalue weighted by molar-refractivity contribution is 5.12. The Kier molecular flexibility index (Phi) is 2.41. The van der Waals surface area contributed by atoms with E-state index < -0.39 is 5.60 Å². The third-order valence-electron chi connectivity index (χ3n) is 3.30. The summed E-state index contributed by atoms with van der Waals surface area (Å²) in [5, 5.41) is 16.9. The minimum Gasteiger partial charge on any atom is -0.388 e. The summed E-state index contributed by atoms with van der Waals surface area (Å²) in [5.74, 6) is 0.382. The van der Waals surface area contributed by atoms with Crippen molar-refractivity contribution in [2.45, 2.75) is 25.0 Å². The first-order valence-electron chi connectivity index (χ1n) is 5.04. The van der Waals surface area contributed by atoms with Gasteiger partial charge < -0.3 is 15.7 Å². The molecule has 3 heteroatoms. The van der Waals surface area contributed by atoms with Gasteiger partial charge in [0.2, 0.25) is 0 Å². The van der Waals surface area contributed by atoms with Crippen LogP contribution >= 0.6 is 0 Å². The topological polar surface area (TPSA) is 44.3 Å². The van der Waals surface area contributed by atoms with E-state index in [9.17, 15) is 5.11 Å². The largest absolute Gasteiger partial charge is 0.388 e. The van der Waals surface area contributed by atoms with Crippen molar-refractivity contribution in [1.82, 2.24) is 10.6 Å². The monoisotopic (exact) mass is 182 g/mol. The standard InChI is InChI=1S/C10H18N2O/c1-10(13,8-4-6-11-7-8)9-3-2-5-12-9/h2-3,8-9,11-13H,4-7H2,1H3. The van der Waals surface area contributed by atoms with Gasteiger partial charge in [-0.2, -0.15) is 0 Å². The maximum absolute atomic E-state index is 10.4. The molecule has 0 radical (unpaired) electrons. The minimum atomic E-state index is -0.601. The molecule has 13 heavy (non-hydrogen) atoms. The Morgan fingerprint density at radius 2 is 2.38 bits per heavy atom. The van der Waals surface area contributed by atoms with Gasteiger partial charge in [0.1, 0.15) is 0 Å². The summed E-state index contributed by atoms with van der Waals surface area (Å²) in [6.45, 7) is 4.81. The van der Waals surface area contributed by atoms with Crippen LogP contribution in [-0.4, -0.2) is 36.4 Å². The van der Waals surface area contributed by atoms with E-state index in [1.807, 2.05) is 6.92 Å². The van der Waals surface area contributed by atoms with Gasteiger partial charge in [0.15, 0.2) is 0 Å². The van der Waals surface area contributed by atoms with E-state index in [1.54, 1.807) is 0 Å². The Labute approximate surface area is 79.2 Å². The van der Waals surface area contributed by atoms with Gasteiger partial charge in [-0.1, -0.05) is 12.2 Å². The van der Waals surface area contributed by atoms with Crippen molar-refractivity contribution in [2.75, 3.05) is 19.6 Å². The first-order chi connectivity index (χ1) is 6.21. The third-order valence-corrected chi connectivity index (χ3v) is 3.30. The van der Waals surface area contributed by atoms with Gasteiger partial charge in [0, 0.05) is 19.0 Å². The van der Waals surface area contributed by atoms with Crippen LogP contribution in [0.3, 0.4) is 0 Å². The molecule has 0 saturated carbocycles. The van der Waals surface area contributed by atoms with Crippen molar-refractivity contribution in [3.05, 3.63) is 12.2 Å². The lowest BCUT2D eigenvalue weighted by molar-refractivity contribution is -0.0115. The lowest BCUT2D eigenvalue weighted by Crippen LogP contribution is -2.51. The van der Waals surface area contributed by atoms with Gasteiger partial charge in [0.05, 0.1) is 11.6 Å². The molecule has 1 saturated heterocycles. The van der Waals surface area contributed by atoms with Gasteiger partial charge in [-0.05, 0) is 19.9 Å². The molecule has 1 fully saturated rings. The smallest absolute Gasteiger partial charge is 0.0848 e. The average Bonchev–Trinajstić information content (AvgIpc) is 2.78. The predicted octanol–water partition coefficient (Wildman–Crippen LogP) is -0.125. The number of aliphatic hydroxyl groups is 1. The fourth-order valence-electron chi connectivity index (χ4n) is 2.28. The van der Waals surface area contributed by atoms with Crippen molar-refractivity contribution in [1.29, 1.82) is 0 Å². The molecule has 2 rings (SSSR count). The third kappa shape index (κ3) is 1.64. The van der Waals surface area contributed by atoms with Crippen LogP contribution in [0.2, 0.25) is 0 Å². The van der Waals surface area contributed by atoms with E-state index in [-0.39, 0.29) is 6.04 Å². The molecule has 0 bridgehead atoms. The summed E-state index contributed by atoms with van der Waals surface area (Å²) >= 11 is 0. The molecule has 3 nitrogen and oxygen atoms in total. The van der Waals surface area contributed by atoms with E-state index in [0.717, 1.165) is 26.1 Å². The van der Waals surface area contributed by atoms with Crippen LogP contribution in [-0.2, 0) is 0 Å². The van der Waals surface area contributed by atoms with Gasteiger partial charge in [-0.3, -0.25) is 0 Å². The number of rotatable bonds is 2. The lowest BCUT2D eigenvalue weighted by atomic mass is 9.82. The first-order valence-corrected chi connectivity index (χ1v) is 5.04. The molecule has 2 heterocycles. The molecule has 3 unspecified atom stereocenters. The molecule has 0 spiro atoms. The van der Waals surface area contributed by atoms with Crippen molar-refractivity contribution in [3.8, 4) is 0 Å². The van der Waals surface area contributed by atoms with Crippen molar-refractivity contribution in [2.24, 2.45) is 5.92 Å². The van der Waals surface area contributed by atoms with Crippen LogP contribution in [0.5, 0.6) is 0 Å². The molecule has 0 aromatic heterocycles. The molecule has 0 aromatic rings. The molecule has 0 aromatic carbocycles. The molecule has 2 aliphatic heterocycles. The molecule has 3 atom stereocenters. The minimum absolute atomic E-state index is 0.136. The Balaban J connectivity index is 2.04. The van der Waals surface area contributed by atoms with Crippen LogP contribution in [0.1, 0.15) is 13.3 Å². The fourth-order valence-corrected chi connectivity index (χ4v) is 2.28. The number of nitrogens with one attached hydrogen (secondary N) is 2. The Hall–Kier alpha value is -0.380. The highest BCUT2D eigenvalue weighted by Gasteiger charge is 2.40. The van der Waals surface area contributed by atoms with Crippen LogP contribution in [0, 0.1) is 5.92 Å². The zero-order valence-corrected chi connectivity index (χ0v) is 8.09. The van der Waals surface area contributed by atoms with E-state index >= 15 is 0 Å². The van der Waals surface area contributed by atoms with Gasteiger partial charge in [-0.15, -0.1) is 0 Å². The Morgan fingerprint density at radius 1 is 1.54 bits per heavy atom. The summed E-state index contributed by atoms with van der Waals surface area (Å²) in [4.78, 5) is 0. The predicted molar refractivity (Wildman–Crippen MR) is 52.5 cm³/mol. The summed E-state index contributed by atoms with van der Waals surface area (Å²) < 4.78 is 0. The first kappa shape index (κ1) is 9.19. The highest BCUT2D eigenvalue weighted by atomic mass is 16.3.